The minimum Gasteiger partial charge on any atom is -0.480 e. The number of anilines is 1. The van der Waals surface area contributed by atoms with Crippen molar-refractivity contribution >= 4 is 29.4 Å². The minimum absolute atomic E-state index is 0.0599. The second kappa shape index (κ2) is 7.36. The second-order valence-corrected chi connectivity index (χ2v) is 6.98. The smallest absolute Gasteiger partial charge is 0.320 e. The highest BCUT2D eigenvalue weighted by Crippen LogP contribution is 2.33. The topological polar surface area (TPSA) is 94.6 Å². The number of hydrogen-bond acceptors (Lipinski definition) is 4. The molecule has 8 heteroatoms. The number of carbonyl (C=O) groups is 2. The summed E-state index contributed by atoms with van der Waals surface area (Å²) in [6.45, 7) is 0.925. The molecule has 7 nitrogen and oxygen atoms in total. The van der Waals surface area contributed by atoms with Crippen molar-refractivity contribution < 1.29 is 14.7 Å². The molecule has 0 atom stereocenters. The van der Waals surface area contributed by atoms with Crippen LogP contribution >= 0.6 is 11.6 Å². The average molecular weight is 353 g/mol. The van der Waals surface area contributed by atoms with E-state index in [2.05, 4.69) is 15.6 Å². The van der Waals surface area contributed by atoms with Crippen LogP contribution in [0.1, 0.15) is 25.7 Å². The molecule has 0 unspecified atom stereocenters. The normalized spacial score (nSPS) is 22.8. The van der Waals surface area contributed by atoms with E-state index in [4.69, 9.17) is 16.7 Å². The lowest BCUT2D eigenvalue weighted by molar-refractivity contribution is -0.139. The molecule has 3 N–H and O–H groups in total. The number of nitrogens with one attached hydrogen (secondary N) is 2. The van der Waals surface area contributed by atoms with E-state index in [1.54, 1.807) is 12.1 Å². The first-order chi connectivity index (χ1) is 11.5. The quantitative estimate of drug-likeness (QED) is 0.699. The first-order valence-corrected chi connectivity index (χ1v) is 8.52. The number of carboxylic acid groups (broad SMARTS) is 1. The molecule has 0 aromatic carbocycles. The minimum atomic E-state index is -0.795. The van der Waals surface area contributed by atoms with E-state index in [1.165, 1.54) is 19.0 Å². The van der Waals surface area contributed by atoms with Crippen LogP contribution in [0.5, 0.6) is 0 Å². The van der Waals surface area contributed by atoms with Crippen LogP contribution in [0.15, 0.2) is 18.3 Å². The van der Waals surface area contributed by atoms with Gasteiger partial charge in [0.1, 0.15) is 5.82 Å². The fourth-order valence-corrected chi connectivity index (χ4v) is 3.12. The van der Waals surface area contributed by atoms with Gasteiger partial charge in [0, 0.05) is 29.8 Å². The molecular formula is C16H21ClN4O3. The zero-order valence-electron chi connectivity index (χ0n) is 13.2. The van der Waals surface area contributed by atoms with Gasteiger partial charge < -0.3 is 10.4 Å². The van der Waals surface area contributed by atoms with Crippen LogP contribution in [0.2, 0.25) is 5.02 Å². The van der Waals surface area contributed by atoms with Gasteiger partial charge in [-0.2, -0.15) is 0 Å². The van der Waals surface area contributed by atoms with Gasteiger partial charge in [-0.1, -0.05) is 11.6 Å². The van der Waals surface area contributed by atoms with Crippen LogP contribution in [0.4, 0.5) is 10.6 Å². The highest BCUT2D eigenvalue weighted by atomic mass is 35.5. The highest BCUT2D eigenvalue weighted by molar-refractivity contribution is 6.30. The van der Waals surface area contributed by atoms with Gasteiger partial charge in [0.15, 0.2) is 0 Å². The first-order valence-electron chi connectivity index (χ1n) is 8.14. The standard InChI is InChI=1S/C16H21ClN4O3/c17-11-3-4-18-14(5-11)20-16(24)19-12-6-13(7-12)21(9-15(22)23)8-10-1-2-10/h3-5,10,12-13H,1-2,6-9H2,(H,22,23)(H2,18,19,20,24). The van der Waals surface area contributed by atoms with E-state index >= 15 is 0 Å². The molecule has 2 aliphatic rings. The second-order valence-electron chi connectivity index (χ2n) is 6.55. The number of aromatic nitrogens is 1. The summed E-state index contributed by atoms with van der Waals surface area (Å²) in [4.78, 5) is 29.0. The number of halogens is 1. The zero-order valence-corrected chi connectivity index (χ0v) is 14.0. The fourth-order valence-electron chi connectivity index (χ4n) is 2.96. The van der Waals surface area contributed by atoms with Crippen molar-refractivity contribution in [3.05, 3.63) is 23.4 Å². The summed E-state index contributed by atoms with van der Waals surface area (Å²) < 4.78 is 0. The Hall–Kier alpha value is -1.86. The van der Waals surface area contributed by atoms with Crippen molar-refractivity contribution in [1.29, 1.82) is 0 Å². The molecule has 1 aromatic heterocycles. The van der Waals surface area contributed by atoms with Gasteiger partial charge in [-0.05, 0) is 43.7 Å². The molecular weight excluding hydrogens is 332 g/mol. The molecule has 130 valence electrons. The Kier molecular flexibility index (Phi) is 5.20. The van der Waals surface area contributed by atoms with E-state index in [0.717, 1.165) is 19.4 Å². The number of pyridine rings is 1. The highest BCUT2D eigenvalue weighted by Gasteiger charge is 2.37. The van der Waals surface area contributed by atoms with Crippen LogP contribution in [-0.4, -0.2) is 52.2 Å². The van der Waals surface area contributed by atoms with Gasteiger partial charge in [0.25, 0.3) is 0 Å². The van der Waals surface area contributed by atoms with Crippen molar-refractivity contribution in [3.63, 3.8) is 0 Å². The lowest BCUT2D eigenvalue weighted by Crippen LogP contribution is -2.55. The third kappa shape index (κ3) is 4.82. The van der Waals surface area contributed by atoms with E-state index in [0.29, 0.717) is 16.8 Å². The summed E-state index contributed by atoms with van der Waals surface area (Å²) in [5, 5.41) is 15.1. The molecule has 2 amide bonds. The number of amides is 2. The Morgan fingerprint density at radius 2 is 2.12 bits per heavy atom. The third-order valence-corrected chi connectivity index (χ3v) is 4.69. The lowest BCUT2D eigenvalue weighted by atomic mass is 9.85. The zero-order chi connectivity index (χ0) is 17.1. The maximum atomic E-state index is 12.0. The monoisotopic (exact) mass is 352 g/mol. The lowest BCUT2D eigenvalue weighted by Gasteiger charge is -2.42. The summed E-state index contributed by atoms with van der Waals surface area (Å²) in [6, 6.07) is 3.19. The van der Waals surface area contributed by atoms with E-state index in [9.17, 15) is 9.59 Å². The number of nitrogens with zero attached hydrogens (tertiary/aromatic N) is 2. The molecule has 0 bridgehead atoms. The van der Waals surface area contributed by atoms with Crippen LogP contribution in [0, 0.1) is 5.92 Å². The van der Waals surface area contributed by atoms with Gasteiger partial charge in [-0.25, -0.2) is 9.78 Å². The molecule has 1 heterocycles. The van der Waals surface area contributed by atoms with Crippen molar-refractivity contribution in [2.75, 3.05) is 18.4 Å². The molecule has 2 saturated carbocycles. The molecule has 24 heavy (non-hydrogen) atoms. The van der Waals surface area contributed by atoms with Crippen LogP contribution in [0.3, 0.4) is 0 Å². The van der Waals surface area contributed by atoms with Crippen molar-refractivity contribution in [1.82, 2.24) is 15.2 Å². The SMILES string of the molecule is O=C(O)CN(CC1CC1)C1CC(NC(=O)Nc2cc(Cl)ccn2)C1. The van der Waals surface area contributed by atoms with E-state index in [-0.39, 0.29) is 24.7 Å². The Balaban J connectivity index is 1.43. The van der Waals surface area contributed by atoms with Crippen LogP contribution in [0.25, 0.3) is 0 Å². The summed E-state index contributed by atoms with van der Waals surface area (Å²) in [7, 11) is 0. The Bertz CT molecular complexity index is 617. The summed E-state index contributed by atoms with van der Waals surface area (Å²) >= 11 is 5.85. The van der Waals surface area contributed by atoms with Gasteiger partial charge >= 0.3 is 12.0 Å². The Morgan fingerprint density at radius 3 is 2.75 bits per heavy atom. The number of urea groups is 1. The van der Waals surface area contributed by atoms with E-state index < -0.39 is 5.97 Å². The molecule has 0 spiro atoms. The third-order valence-electron chi connectivity index (χ3n) is 4.46. The summed E-state index contributed by atoms with van der Waals surface area (Å²) in [5.74, 6) is 0.252. The number of hydrogen-bond donors (Lipinski definition) is 3. The molecule has 0 radical (unpaired) electrons. The summed E-state index contributed by atoms with van der Waals surface area (Å²) in [6.07, 6.45) is 5.46. The van der Waals surface area contributed by atoms with Gasteiger partial charge in [0.2, 0.25) is 0 Å². The van der Waals surface area contributed by atoms with Crippen LogP contribution in [-0.2, 0) is 4.79 Å². The maximum Gasteiger partial charge on any atom is 0.320 e. The maximum absolute atomic E-state index is 12.0. The average Bonchev–Trinajstić information content (AvgIpc) is 3.25. The predicted octanol–water partition coefficient (Wildman–Crippen LogP) is 2.18. The van der Waals surface area contributed by atoms with Crippen molar-refractivity contribution in [2.24, 2.45) is 5.92 Å². The number of carbonyl (C=O) groups excluding carboxylic acids is 1. The van der Waals surface area contributed by atoms with E-state index in [1.807, 2.05) is 4.90 Å². The fraction of sp³-hybridized carbons (Fsp3) is 0.562. The predicted molar refractivity (Wildman–Crippen MR) is 90.1 cm³/mol. The molecule has 1 aromatic rings. The van der Waals surface area contributed by atoms with Crippen LogP contribution < -0.4 is 10.6 Å². The van der Waals surface area contributed by atoms with Gasteiger partial charge in [0.05, 0.1) is 6.54 Å². The Labute approximate surface area is 145 Å². The van der Waals surface area contributed by atoms with Crippen molar-refractivity contribution in [2.45, 2.75) is 37.8 Å². The van der Waals surface area contributed by atoms with Gasteiger partial charge in [-0.3, -0.25) is 15.0 Å². The first kappa shape index (κ1) is 17.0. The molecule has 2 aliphatic carbocycles. The number of carboxylic acids is 1. The van der Waals surface area contributed by atoms with Crippen molar-refractivity contribution in [3.8, 4) is 0 Å². The van der Waals surface area contributed by atoms with Gasteiger partial charge in [-0.15, -0.1) is 0 Å². The number of aliphatic carboxylic acids is 1. The molecule has 0 saturated heterocycles. The molecule has 3 rings (SSSR count). The Morgan fingerprint density at radius 1 is 1.38 bits per heavy atom. The molecule has 0 aliphatic heterocycles. The summed E-state index contributed by atoms with van der Waals surface area (Å²) in [5.41, 5.74) is 0. The number of rotatable bonds is 7. The largest absolute Gasteiger partial charge is 0.480 e. The molecule has 2 fully saturated rings.